The molecule has 1 aliphatic carbocycles. The van der Waals surface area contributed by atoms with E-state index in [-0.39, 0.29) is 11.9 Å². The smallest absolute Gasteiger partial charge is 0.315 e. The molecule has 1 aliphatic heterocycles. The molecule has 1 saturated heterocycles. The highest BCUT2D eigenvalue weighted by Crippen LogP contribution is 2.38. The lowest BCUT2D eigenvalue weighted by Gasteiger charge is -2.25. The largest absolute Gasteiger partial charge is 0.465 e. The summed E-state index contributed by atoms with van der Waals surface area (Å²) in [4.78, 5) is 20.2. The molecule has 1 aromatic rings. The van der Waals surface area contributed by atoms with Crippen LogP contribution >= 0.6 is 11.3 Å². The average Bonchev–Trinajstić information content (AvgIpc) is 2.92. The van der Waals surface area contributed by atoms with Crippen LogP contribution in [0, 0.1) is 0 Å². The molecular weight excluding hydrogens is 308 g/mol. The third-order valence-corrected chi connectivity index (χ3v) is 6.43. The third-order valence-electron chi connectivity index (χ3n) is 3.96. The van der Waals surface area contributed by atoms with E-state index in [4.69, 9.17) is 9.72 Å². The zero-order valence-corrected chi connectivity index (χ0v) is 13.8. The predicted octanol–water partition coefficient (Wildman–Crippen LogP) is 1.69. The van der Waals surface area contributed by atoms with Gasteiger partial charge in [0.15, 0.2) is 5.13 Å². The molecule has 2 aliphatic rings. The monoisotopic (exact) mass is 328 g/mol. The molecule has 0 amide bonds. The Balaban J connectivity index is 1.80. The van der Waals surface area contributed by atoms with Gasteiger partial charge in [-0.2, -0.15) is 0 Å². The van der Waals surface area contributed by atoms with Gasteiger partial charge >= 0.3 is 5.97 Å². The highest BCUT2D eigenvalue weighted by atomic mass is 32.2. The van der Waals surface area contributed by atoms with Gasteiger partial charge in [0, 0.05) is 40.3 Å². The number of thiazole rings is 1. The Labute approximate surface area is 131 Å². The van der Waals surface area contributed by atoms with Crippen LogP contribution in [-0.2, 0) is 26.8 Å². The van der Waals surface area contributed by atoms with Crippen LogP contribution < -0.4 is 4.90 Å². The SMILES string of the molecule is CCOC(=O)C1CCCc2sc(N3CCS(=O)CC3)nc21. The standard InChI is InChI=1S/C14H20N2O3S2/c1-2-19-13(17)10-4-3-5-11-12(10)15-14(20-11)16-6-8-21(18)9-7-16/h10H,2-9H2,1H3. The molecular formula is C14H20N2O3S2. The first-order valence-electron chi connectivity index (χ1n) is 7.45. The number of aromatic nitrogens is 1. The maximum atomic E-state index is 12.1. The van der Waals surface area contributed by atoms with Crippen molar-refractivity contribution >= 4 is 33.2 Å². The van der Waals surface area contributed by atoms with Crippen LogP contribution in [0.2, 0.25) is 0 Å². The zero-order chi connectivity index (χ0) is 14.8. The average molecular weight is 328 g/mol. The van der Waals surface area contributed by atoms with Crippen LogP contribution in [0.25, 0.3) is 0 Å². The van der Waals surface area contributed by atoms with E-state index in [1.54, 1.807) is 11.3 Å². The van der Waals surface area contributed by atoms with Crippen molar-refractivity contribution in [1.82, 2.24) is 4.98 Å². The fourth-order valence-corrected chi connectivity index (χ4v) is 5.11. The molecule has 1 fully saturated rings. The quantitative estimate of drug-likeness (QED) is 0.790. The zero-order valence-electron chi connectivity index (χ0n) is 12.2. The highest BCUT2D eigenvalue weighted by Gasteiger charge is 2.32. The van der Waals surface area contributed by atoms with Crippen LogP contribution in [0.4, 0.5) is 5.13 Å². The summed E-state index contributed by atoms with van der Waals surface area (Å²) in [7, 11) is -0.680. The Morgan fingerprint density at radius 2 is 2.24 bits per heavy atom. The van der Waals surface area contributed by atoms with Crippen LogP contribution in [0.1, 0.15) is 36.3 Å². The van der Waals surface area contributed by atoms with E-state index in [9.17, 15) is 9.00 Å². The minimum atomic E-state index is -0.680. The maximum Gasteiger partial charge on any atom is 0.315 e. The van der Waals surface area contributed by atoms with E-state index >= 15 is 0 Å². The van der Waals surface area contributed by atoms with Crippen molar-refractivity contribution in [3.05, 3.63) is 10.6 Å². The van der Waals surface area contributed by atoms with Crippen LogP contribution in [0.15, 0.2) is 0 Å². The molecule has 1 atom stereocenters. The lowest BCUT2D eigenvalue weighted by molar-refractivity contribution is -0.145. The van der Waals surface area contributed by atoms with Gasteiger partial charge < -0.3 is 9.64 Å². The Bertz CT molecular complexity index is 548. The molecule has 0 radical (unpaired) electrons. The molecule has 116 valence electrons. The van der Waals surface area contributed by atoms with Crippen molar-refractivity contribution in [1.29, 1.82) is 0 Å². The van der Waals surface area contributed by atoms with Gasteiger partial charge in [-0.25, -0.2) is 4.98 Å². The third kappa shape index (κ3) is 3.13. The number of fused-ring (bicyclic) bond motifs is 1. The Kier molecular flexibility index (Phi) is 4.59. The van der Waals surface area contributed by atoms with Crippen molar-refractivity contribution in [2.75, 3.05) is 36.1 Å². The maximum absolute atomic E-state index is 12.1. The number of hydrogen-bond donors (Lipinski definition) is 0. The van der Waals surface area contributed by atoms with Gasteiger partial charge in [-0.3, -0.25) is 9.00 Å². The molecule has 5 nitrogen and oxygen atoms in total. The summed E-state index contributed by atoms with van der Waals surface area (Å²) in [5.41, 5.74) is 0.923. The fourth-order valence-electron chi connectivity index (χ4n) is 2.84. The summed E-state index contributed by atoms with van der Waals surface area (Å²) in [5, 5.41) is 0.980. The second-order valence-corrected chi connectivity index (χ2v) is 8.10. The first kappa shape index (κ1) is 15.0. The molecule has 0 bridgehead atoms. The van der Waals surface area contributed by atoms with Crippen molar-refractivity contribution < 1.29 is 13.7 Å². The van der Waals surface area contributed by atoms with Crippen LogP contribution in [-0.4, -0.2) is 46.4 Å². The number of carbonyl (C=O) groups excluding carboxylic acids is 1. The minimum absolute atomic E-state index is 0.143. The van der Waals surface area contributed by atoms with E-state index in [1.807, 2.05) is 6.92 Å². The fraction of sp³-hybridized carbons (Fsp3) is 0.714. The van der Waals surface area contributed by atoms with Gasteiger partial charge in [0.25, 0.3) is 0 Å². The second kappa shape index (κ2) is 6.44. The van der Waals surface area contributed by atoms with E-state index in [0.717, 1.165) is 43.2 Å². The van der Waals surface area contributed by atoms with Crippen LogP contribution in [0.3, 0.4) is 0 Å². The first-order valence-corrected chi connectivity index (χ1v) is 9.75. The van der Waals surface area contributed by atoms with E-state index in [2.05, 4.69) is 4.90 Å². The number of esters is 1. The minimum Gasteiger partial charge on any atom is -0.465 e. The number of hydrogen-bond acceptors (Lipinski definition) is 6. The second-order valence-electron chi connectivity index (χ2n) is 5.34. The first-order chi connectivity index (χ1) is 10.2. The molecule has 3 rings (SSSR count). The molecule has 0 N–H and O–H groups in total. The summed E-state index contributed by atoms with van der Waals surface area (Å²) in [6.45, 7) is 3.84. The van der Waals surface area contributed by atoms with Gasteiger partial charge in [0.2, 0.25) is 0 Å². The number of carbonyl (C=O) groups is 1. The lowest BCUT2D eigenvalue weighted by Crippen LogP contribution is -2.37. The number of aryl methyl sites for hydroxylation is 1. The molecule has 0 spiro atoms. The molecule has 0 aromatic carbocycles. The van der Waals surface area contributed by atoms with Gasteiger partial charge in [0.1, 0.15) is 5.92 Å². The van der Waals surface area contributed by atoms with Gasteiger partial charge in [0.05, 0.1) is 12.3 Å². The van der Waals surface area contributed by atoms with E-state index in [1.165, 1.54) is 4.88 Å². The summed E-state index contributed by atoms with van der Waals surface area (Å²) in [6, 6.07) is 0. The van der Waals surface area contributed by atoms with Gasteiger partial charge in [-0.15, -0.1) is 11.3 Å². The molecule has 2 heterocycles. The molecule has 7 heteroatoms. The predicted molar refractivity (Wildman–Crippen MR) is 84.5 cm³/mol. The molecule has 21 heavy (non-hydrogen) atoms. The Hall–Kier alpha value is -0.950. The number of anilines is 1. The van der Waals surface area contributed by atoms with Crippen LogP contribution in [0.5, 0.6) is 0 Å². The molecule has 1 aromatic heterocycles. The normalized spacial score (nSPS) is 22.9. The summed E-state index contributed by atoms with van der Waals surface area (Å²) < 4.78 is 16.6. The van der Waals surface area contributed by atoms with Crippen molar-refractivity contribution in [3.63, 3.8) is 0 Å². The van der Waals surface area contributed by atoms with Gasteiger partial charge in [-0.1, -0.05) is 0 Å². The molecule has 0 saturated carbocycles. The summed E-state index contributed by atoms with van der Waals surface area (Å²) >= 11 is 1.69. The van der Waals surface area contributed by atoms with Crippen molar-refractivity contribution in [2.24, 2.45) is 0 Å². The van der Waals surface area contributed by atoms with Gasteiger partial charge in [-0.05, 0) is 26.2 Å². The van der Waals surface area contributed by atoms with Crippen molar-refractivity contribution in [2.45, 2.75) is 32.1 Å². The van der Waals surface area contributed by atoms with E-state index < -0.39 is 10.8 Å². The number of rotatable bonds is 3. The molecule has 1 unspecified atom stereocenters. The number of ether oxygens (including phenoxy) is 1. The Morgan fingerprint density at radius 1 is 1.48 bits per heavy atom. The summed E-state index contributed by atoms with van der Waals surface area (Å²) in [6.07, 6.45) is 2.85. The number of nitrogens with zero attached hydrogens (tertiary/aromatic N) is 2. The highest BCUT2D eigenvalue weighted by molar-refractivity contribution is 7.85. The lowest BCUT2D eigenvalue weighted by atomic mass is 9.91. The summed E-state index contributed by atoms with van der Waals surface area (Å²) in [5.74, 6) is 1.09. The topological polar surface area (TPSA) is 59.5 Å². The van der Waals surface area contributed by atoms with Crippen molar-refractivity contribution in [3.8, 4) is 0 Å². The van der Waals surface area contributed by atoms with E-state index in [0.29, 0.717) is 18.1 Å². The Morgan fingerprint density at radius 3 is 2.95 bits per heavy atom.